The quantitative estimate of drug-likeness (QED) is 0.759. The summed E-state index contributed by atoms with van der Waals surface area (Å²) in [4.78, 5) is 16.2. The molecule has 19 heavy (non-hydrogen) atoms. The number of aldehydes is 1. The van der Waals surface area contributed by atoms with Gasteiger partial charge in [0.25, 0.3) is 0 Å². The number of benzene rings is 1. The SMILES string of the molecule is CN1CCN(C2CCC(C=O)c3ccccc32)CC1. The first-order chi connectivity index (χ1) is 9.29. The number of carbonyl (C=O) groups excluding carboxylic acids is 1. The zero-order chi connectivity index (χ0) is 13.2. The molecule has 0 aromatic heterocycles. The van der Waals surface area contributed by atoms with Crippen LogP contribution in [0.4, 0.5) is 0 Å². The van der Waals surface area contributed by atoms with Gasteiger partial charge in [0.2, 0.25) is 0 Å². The van der Waals surface area contributed by atoms with E-state index < -0.39 is 0 Å². The van der Waals surface area contributed by atoms with Crippen LogP contribution in [-0.2, 0) is 4.79 Å². The van der Waals surface area contributed by atoms with Crippen LogP contribution in [-0.4, -0.2) is 49.3 Å². The van der Waals surface area contributed by atoms with Gasteiger partial charge in [-0.25, -0.2) is 0 Å². The molecule has 0 bridgehead atoms. The summed E-state index contributed by atoms with van der Waals surface area (Å²) >= 11 is 0. The van der Waals surface area contributed by atoms with Crippen LogP contribution in [0.25, 0.3) is 0 Å². The van der Waals surface area contributed by atoms with Crippen molar-refractivity contribution in [1.82, 2.24) is 9.80 Å². The number of rotatable bonds is 2. The fourth-order valence-electron chi connectivity index (χ4n) is 3.45. The average Bonchev–Trinajstić information content (AvgIpc) is 2.47. The molecule has 2 unspecified atom stereocenters. The summed E-state index contributed by atoms with van der Waals surface area (Å²) in [5, 5.41) is 0. The third-order valence-corrected chi connectivity index (χ3v) is 4.65. The molecule has 1 saturated heterocycles. The molecule has 1 aromatic rings. The fourth-order valence-corrected chi connectivity index (χ4v) is 3.45. The van der Waals surface area contributed by atoms with Crippen molar-refractivity contribution in [3.63, 3.8) is 0 Å². The van der Waals surface area contributed by atoms with Gasteiger partial charge in [0, 0.05) is 38.1 Å². The predicted molar refractivity (Wildman–Crippen MR) is 76.3 cm³/mol. The Morgan fingerprint density at radius 2 is 1.74 bits per heavy atom. The Kier molecular flexibility index (Phi) is 3.67. The number of fused-ring (bicyclic) bond motifs is 1. The van der Waals surface area contributed by atoms with Crippen molar-refractivity contribution in [3.05, 3.63) is 35.4 Å². The lowest BCUT2D eigenvalue weighted by Gasteiger charge is -2.41. The Hall–Kier alpha value is -1.19. The fraction of sp³-hybridized carbons (Fsp3) is 0.562. The van der Waals surface area contributed by atoms with Crippen LogP contribution < -0.4 is 0 Å². The van der Waals surface area contributed by atoms with Crippen molar-refractivity contribution >= 4 is 6.29 Å². The van der Waals surface area contributed by atoms with Crippen LogP contribution in [0.3, 0.4) is 0 Å². The monoisotopic (exact) mass is 258 g/mol. The van der Waals surface area contributed by atoms with E-state index in [1.807, 2.05) is 0 Å². The van der Waals surface area contributed by atoms with E-state index in [4.69, 9.17) is 0 Å². The van der Waals surface area contributed by atoms with Gasteiger partial charge in [-0.1, -0.05) is 24.3 Å². The van der Waals surface area contributed by atoms with E-state index >= 15 is 0 Å². The van der Waals surface area contributed by atoms with Crippen LogP contribution in [0.5, 0.6) is 0 Å². The Morgan fingerprint density at radius 1 is 1.05 bits per heavy atom. The van der Waals surface area contributed by atoms with Gasteiger partial charge in [0.05, 0.1) is 0 Å². The predicted octanol–water partition coefficient (Wildman–Crippen LogP) is 2.05. The summed E-state index contributed by atoms with van der Waals surface area (Å²) in [6, 6.07) is 9.03. The molecule has 1 aliphatic carbocycles. The van der Waals surface area contributed by atoms with E-state index in [0.717, 1.165) is 45.3 Å². The number of hydrogen-bond acceptors (Lipinski definition) is 3. The smallest absolute Gasteiger partial charge is 0.127 e. The van der Waals surface area contributed by atoms with E-state index in [2.05, 4.69) is 41.1 Å². The van der Waals surface area contributed by atoms with Gasteiger partial charge in [0.15, 0.2) is 0 Å². The molecule has 1 heterocycles. The number of nitrogens with zero attached hydrogens (tertiary/aromatic N) is 2. The average molecular weight is 258 g/mol. The third-order valence-electron chi connectivity index (χ3n) is 4.65. The summed E-state index contributed by atoms with van der Waals surface area (Å²) in [6.45, 7) is 4.58. The molecule has 2 atom stereocenters. The Morgan fingerprint density at radius 3 is 2.42 bits per heavy atom. The summed E-state index contributed by atoms with van der Waals surface area (Å²) in [7, 11) is 2.19. The normalized spacial score (nSPS) is 28.9. The molecule has 1 aromatic carbocycles. The second-order valence-corrected chi connectivity index (χ2v) is 5.80. The molecule has 102 valence electrons. The van der Waals surface area contributed by atoms with Crippen molar-refractivity contribution in [3.8, 4) is 0 Å². The van der Waals surface area contributed by atoms with Crippen molar-refractivity contribution in [2.45, 2.75) is 24.8 Å². The lowest BCUT2D eigenvalue weighted by Crippen LogP contribution is -2.46. The zero-order valence-corrected chi connectivity index (χ0v) is 11.6. The molecular weight excluding hydrogens is 236 g/mol. The van der Waals surface area contributed by atoms with Gasteiger partial charge in [-0.15, -0.1) is 0 Å². The van der Waals surface area contributed by atoms with Gasteiger partial charge in [-0.3, -0.25) is 4.90 Å². The first-order valence-electron chi connectivity index (χ1n) is 7.26. The van der Waals surface area contributed by atoms with Crippen LogP contribution in [0.2, 0.25) is 0 Å². The second-order valence-electron chi connectivity index (χ2n) is 5.80. The van der Waals surface area contributed by atoms with Crippen molar-refractivity contribution in [1.29, 1.82) is 0 Å². The highest BCUT2D eigenvalue weighted by Crippen LogP contribution is 2.39. The molecule has 0 saturated carbocycles. The summed E-state index contributed by atoms with van der Waals surface area (Å²) in [5.74, 6) is 0.111. The summed E-state index contributed by atoms with van der Waals surface area (Å²) in [5.41, 5.74) is 2.64. The van der Waals surface area contributed by atoms with E-state index in [-0.39, 0.29) is 5.92 Å². The summed E-state index contributed by atoms with van der Waals surface area (Å²) < 4.78 is 0. The van der Waals surface area contributed by atoms with Crippen molar-refractivity contribution < 1.29 is 4.79 Å². The molecule has 0 amide bonds. The maximum atomic E-state index is 11.2. The summed E-state index contributed by atoms with van der Waals surface area (Å²) in [6.07, 6.45) is 3.24. The highest BCUT2D eigenvalue weighted by molar-refractivity contribution is 5.64. The first-order valence-corrected chi connectivity index (χ1v) is 7.26. The van der Waals surface area contributed by atoms with Gasteiger partial charge < -0.3 is 9.69 Å². The molecule has 0 N–H and O–H groups in total. The molecule has 3 heteroatoms. The van der Waals surface area contributed by atoms with E-state index in [1.54, 1.807) is 0 Å². The number of hydrogen-bond donors (Lipinski definition) is 0. The Bertz CT molecular complexity index is 452. The van der Waals surface area contributed by atoms with Crippen LogP contribution in [0.15, 0.2) is 24.3 Å². The van der Waals surface area contributed by atoms with E-state index in [1.165, 1.54) is 11.1 Å². The highest BCUT2D eigenvalue weighted by atomic mass is 16.1. The molecular formula is C16H22N2O. The number of carbonyl (C=O) groups is 1. The number of likely N-dealkylation sites (N-methyl/N-ethyl adjacent to an activating group) is 1. The molecule has 1 fully saturated rings. The largest absolute Gasteiger partial charge is 0.304 e. The minimum atomic E-state index is 0.111. The van der Waals surface area contributed by atoms with Crippen molar-refractivity contribution in [2.24, 2.45) is 0 Å². The van der Waals surface area contributed by atoms with Crippen LogP contribution in [0.1, 0.15) is 35.9 Å². The zero-order valence-electron chi connectivity index (χ0n) is 11.6. The lowest BCUT2D eigenvalue weighted by atomic mass is 9.80. The first kappa shape index (κ1) is 12.8. The van der Waals surface area contributed by atoms with Gasteiger partial charge in [-0.2, -0.15) is 0 Å². The minimum absolute atomic E-state index is 0.111. The highest BCUT2D eigenvalue weighted by Gasteiger charge is 2.31. The molecule has 0 radical (unpaired) electrons. The van der Waals surface area contributed by atoms with Crippen molar-refractivity contribution in [2.75, 3.05) is 33.2 Å². The molecule has 0 spiro atoms. The van der Waals surface area contributed by atoms with Gasteiger partial charge in [0.1, 0.15) is 6.29 Å². The Balaban J connectivity index is 1.86. The maximum Gasteiger partial charge on any atom is 0.127 e. The molecule has 2 aliphatic rings. The maximum absolute atomic E-state index is 11.2. The van der Waals surface area contributed by atoms with E-state index in [9.17, 15) is 4.79 Å². The van der Waals surface area contributed by atoms with Gasteiger partial charge >= 0.3 is 0 Å². The standard InChI is InChI=1S/C16H22N2O/c1-17-8-10-18(11-9-17)16-7-6-13(12-19)14-4-2-3-5-15(14)16/h2-5,12-13,16H,6-11H2,1H3. The molecule has 3 rings (SSSR count). The Labute approximate surface area is 115 Å². The third kappa shape index (κ3) is 2.45. The van der Waals surface area contributed by atoms with E-state index in [0.29, 0.717) is 6.04 Å². The molecule has 1 aliphatic heterocycles. The topological polar surface area (TPSA) is 23.6 Å². The lowest BCUT2D eigenvalue weighted by molar-refractivity contribution is -0.109. The van der Waals surface area contributed by atoms with Crippen LogP contribution in [0, 0.1) is 0 Å². The van der Waals surface area contributed by atoms with Gasteiger partial charge in [-0.05, 0) is 31.0 Å². The van der Waals surface area contributed by atoms with Crippen LogP contribution >= 0.6 is 0 Å². The second kappa shape index (κ2) is 5.43. The number of piperazine rings is 1. The minimum Gasteiger partial charge on any atom is -0.304 e. The molecule has 3 nitrogen and oxygen atoms in total.